The van der Waals surface area contributed by atoms with Crippen LogP contribution in [0.5, 0.6) is 0 Å². The van der Waals surface area contributed by atoms with Crippen molar-refractivity contribution in [2.45, 2.75) is 39.3 Å². The highest BCUT2D eigenvalue weighted by atomic mass is 15.3. The number of nitrogens with zero attached hydrogens (tertiary/aromatic N) is 4. The lowest BCUT2D eigenvalue weighted by atomic mass is 10.2. The smallest absolute Gasteiger partial charge is 0.225 e. The molecule has 5 heteroatoms. The van der Waals surface area contributed by atoms with Crippen LogP contribution in [-0.2, 0) is 6.54 Å². The highest BCUT2D eigenvalue weighted by Crippen LogP contribution is 2.22. The lowest BCUT2D eigenvalue weighted by Crippen LogP contribution is -2.38. The maximum Gasteiger partial charge on any atom is 0.225 e. The lowest BCUT2D eigenvalue weighted by molar-refractivity contribution is 0.371. The van der Waals surface area contributed by atoms with Crippen molar-refractivity contribution in [2.24, 2.45) is 5.92 Å². The van der Waals surface area contributed by atoms with Crippen molar-refractivity contribution < 1.29 is 0 Å². The fourth-order valence-electron chi connectivity index (χ4n) is 2.80. The van der Waals surface area contributed by atoms with Gasteiger partial charge in [0.2, 0.25) is 5.95 Å². The van der Waals surface area contributed by atoms with Crippen molar-refractivity contribution in [3.8, 4) is 0 Å². The molecule has 1 unspecified atom stereocenters. The number of likely N-dealkylation sites (N-methyl/N-ethyl adjacent to an activating group) is 1. The van der Waals surface area contributed by atoms with Gasteiger partial charge in [0, 0.05) is 43.6 Å². The molecule has 0 radical (unpaired) electrons. The summed E-state index contributed by atoms with van der Waals surface area (Å²) in [4.78, 5) is 13.7. The molecule has 1 N–H and O–H groups in total. The minimum Gasteiger partial charge on any atom is -0.337 e. The maximum absolute atomic E-state index is 4.57. The first-order valence-corrected chi connectivity index (χ1v) is 7.99. The van der Waals surface area contributed by atoms with Crippen molar-refractivity contribution in [2.75, 3.05) is 38.6 Å². The van der Waals surface area contributed by atoms with E-state index in [1.54, 1.807) is 0 Å². The van der Waals surface area contributed by atoms with E-state index in [9.17, 15) is 0 Å². The van der Waals surface area contributed by atoms with E-state index in [1.165, 1.54) is 12.8 Å². The summed E-state index contributed by atoms with van der Waals surface area (Å²) in [7, 11) is 4.25. The number of nitrogens with one attached hydrogen (secondary N) is 1. The molecule has 118 valence electrons. The first-order valence-electron chi connectivity index (χ1n) is 7.99. The van der Waals surface area contributed by atoms with Gasteiger partial charge in [0.25, 0.3) is 0 Å². The largest absolute Gasteiger partial charge is 0.337 e. The van der Waals surface area contributed by atoms with Crippen molar-refractivity contribution in [1.82, 2.24) is 20.2 Å². The summed E-state index contributed by atoms with van der Waals surface area (Å²) in [5, 5.41) is 3.42. The second-order valence-corrected chi connectivity index (χ2v) is 6.67. The van der Waals surface area contributed by atoms with Crippen LogP contribution in [0.25, 0.3) is 0 Å². The summed E-state index contributed by atoms with van der Waals surface area (Å²) in [6, 6.07) is 0.546. The van der Waals surface area contributed by atoms with Crippen LogP contribution in [-0.4, -0.2) is 54.6 Å². The zero-order valence-corrected chi connectivity index (χ0v) is 13.8. The molecule has 2 rings (SSSR count). The van der Waals surface area contributed by atoms with Crippen LogP contribution in [0.3, 0.4) is 0 Å². The Morgan fingerprint density at radius 1 is 1.33 bits per heavy atom. The zero-order valence-electron chi connectivity index (χ0n) is 13.8. The Morgan fingerprint density at radius 3 is 2.67 bits per heavy atom. The van der Waals surface area contributed by atoms with Crippen LogP contribution >= 0.6 is 0 Å². The average Bonchev–Trinajstić information content (AvgIpc) is 2.86. The molecule has 1 aromatic rings. The van der Waals surface area contributed by atoms with Gasteiger partial charge in [0.05, 0.1) is 0 Å². The van der Waals surface area contributed by atoms with Crippen LogP contribution in [0.2, 0.25) is 0 Å². The molecule has 1 aromatic heterocycles. The third-order valence-electron chi connectivity index (χ3n) is 3.78. The molecule has 2 heterocycles. The Hall–Kier alpha value is -1.20. The van der Waals surface area contributed by atoms with Gasteiger partial charge in [-0.3, -0.25) is 0 Å². The molecule has 0 saturated carbocycles. The number of hydrogen-bond acceptors (Lipinski definition) is 5. The van der Waals surface area contributed by atoms with Crippen LogP contribution in [0, 0.1) is 5.92 Å². The van der Waals surface area contributed by atoms with E-state index in [0.717, 1.165) is 37.7 Å². The molecule has 5 nitrogen and oxygen atoms in total. The van der Waals surface area contributed by atoms with E-state index in [-0.39, 0.29) is 0 Å². The molecular formula is C16H29N5. The van der Waals surface area contributed by atoms with Crippen molar-refractivity contribution in [3.63, 3.8) is 0 Å². The summed E-state index contributed by atoms with van der Waals surface area (Å²) in [6.07, 6.45) is 6.39. The molecule has 0 bridgehead atoms. The topological polar surface area (TPSA) is 44.3 Å². The lowest BCUT2D eigenvalue weighted by Gasteiger charge is -2.27. The average molecular weight is 291 g/mol. The minimum absolute atomic E-state index is 0.546. The first kappa shape index (κ1) is 16.2. The van der Waals surface area contributed by atoms with E-state index in [0.29, 0.717) is 12.0 Å². The monoisotopic (exact) mass is 291 g/mol. The SMILES string of the molecule is CC(C)CNCc1cnc(N2CCCC2CN(C)C)nc1. The second kappa shape index (κ2) is 7.71. The number of aromatic nitrogens is 2. The molecule has 1 aliphatic heterocycles. The number of hydrogen-bond donors (Lipinski definition) is 1. The standard InChI is InChI=1S/C16H29N5/c1-13(2)8-17-9-14-10-18-16(19-11-14)21-7-5-6-15(21)12-20(3)4/h10-11,13,15,17H,5-9,12H2,1-4H3. The van der Waals surface area contributed by atoms with Crippen LogP contribution in [0.4, 0.5) is 5.95 Å². The van der Waals surface area contributed by atoms with E-state index in [4.69, 9.17) is 0 Å². The Bertz CT molecular complexity index is 415. The summed E-state index contributed by atoms with van der Waals surface area (Å²) < 4.78 is 0. The Morgan fingerprint density at radius 2 is 2.05 bits per heavy atom. The number of anilines is 1. The van der Waals surface area contributed by atoms with Crippen molar-refractivity contribution in [1.29, 1.82) is 0 Å². The molecule has 1 saturated heterocycles. The molecule has 1 aliphatic rings. The molecule has 0 aliphatic carbocycles. The Kier molecular flexibility index (Phi) is 5.94. The van der Waals surface area contributed by atoms with Gasteiger partial charge >= 0.3 is 0 Å². The van der Waals surface area contributed by atoms with Crippen LogP contribution < -0.4 is 10.2 Å². The molecule has 1 atom stereocenters. The van der Waals surface area contributed by atoms with Gasteiger partial charge in [-0.1, -0.05) is 13.8 Å². The van der Waals surface area contributed by atoms with Crippen LogP contribution in [0.15, 0.2) is 12.4 Å². The highest BCUT2D eigenvalue weighted by molar-refractivity contribution is 5.33. The molecule has 1 fully saturated rings. The van der Waals surface area contributed by atoms with Gasteiger partial charge in [-0.2, -0.15) is 0 Å². The quantitative estimate of drug-likeness (QED) is 0.829. The summed E-state index contributed by atoms with van der Waals surface area (Å²) in [5.74, 6) is 1.55. The van der Waals surface area contributed by atoms with Gasteiger partial charge in [-0.15, -0.1) is 0 Å². The molecule has 21 heavy (non-hydrogen) atoms. The summed E-state index contributed by atoms with van der Waals surface area (Å²) in [5.41, 5.74) is 1.16. The van der Waals surface area contributed by atoms with E-state index >= 15 is 0 Å². The van der Waals surface area contributed by atoms with Gasteiger partial charge in [0.15, 0.2) is 0 Å². The fraction of sp³-hybridized carbons (Fsp3) is 0.750. The molecule has 0 aromatic carbocycles. The van der Waals surface area contributed by atoms with Gasteiger partial charge in [-0.25, -0.2) is 9.97 Å². The predicted molar refractivity (Wildman–Crippen MR) is 87.5 cm³/mol. The summed E-state index contributed by atoms with van der Waals surface area (Å²) in [6.45, 7) is 8.44. The van der Waals surface area contributed by atoms with Gasteiger partial charge in [-0.05, 0) is 39.4 Å². The van der Waals surface area contributed by atoms with Crippen LogP contribution in [0.1, 0.15) is 32.3 Å². The van der Waals surface area contributed by atoms with Gasteiger partial charge < -0.3 is 15.1 Å². The Labute approximate surface area is 128 Å². The second-order valence-electron chi connectivity index (χ2n) is 6.67. The highest BCUT2D eigenvalue weighted by Gasteiger charge is 2.26. The van der Waals surface area contributed by atoms with E-state index in [2.05, 4.69) is 53.0 Å². The van der Waals surface area contributed by atoms with E-state index in [1.807, 2.05) is 12.4 Å². The zero-order chi connectivity index (χ0) is 15.2. The first-order chi connectivity index (χ1) is 10.1. The third kappa shape index (κ3) is 4.93. The van der Waals surface area contributed by atoms with Gasteiger partial charge in [0.1, 0.15) is 0 Å². The van der Waals surface area contributed by atoms with Crippen molar-refractivity contribution >= 4 is 5.95 Å². The molecule has 0 spiro atoms. The normalized spacial score (nSPS) is 19.0. The summed E-state index contributed by atoms with van der Waals surface area (Å²) >= 11 is 0. The van der Waals surface area contributed by atoms with E-state index < -0.39 is 0 Å². The fourth-order valence-corrected chi connectivity index (χ4v) is 2.80. The molecular weight excluding hydrogens is 262 g/mol. The Balaban J connectivity index is 1.91. The van der Waals surface area contributed by atoms with Crippen molar-refractivity contribution in [3.05, 3.63) is 18.0 Å². The molecule has 0 amide bonds. The third-order valence-corrected chi connectivity index (χ3v) is 3.78. The minimum atomic E-state index is 0.546. The predicted octanol–water partition coefficient (Wildman–Crippen LogP) is 1.75. The maximum atomic E-state index is 4.57. The number of rotatable bonds is 7.